The Morgan fingerprint density at radius 1 is 0.510 bits per heavy atom. The van der Waals surface area contributed by atoms with Crippen LogP contribution in [-0.4, -0.2) is 0 Å². The van der Waals surface area contributed by atoms with Crippen LogP contribution in [0.1, 0.15) is 68.6 Å². The number of hydrogen-bond donors (Lipinski definition) is 0. The summed E-state index contributed by atoms with van der Waals surface area (Å²) in [5, 5.41) is 5.32. The quantitative estimate of drug-likeness (QED) is 0.175. The topological polar surface area (TPSA) is 3.24 Å². The number of anilines is 3. The van der Waals surface area contributed by atoms with Gasteiger partial charge in [0.25, 0.3) is 0 Å². The molecule has 1 fully saturated rings. The van der Waals surface area contributed by atoms with Gasteiger partial charge >= 0.3 is 0 Å². The minimum Gasteiger partial charge on any atom is -0.310 e. The summed E-state index contributed by atoms with van der Waals surface area (Å²) in [6, 6.07) is 54.9. The van der Waals surface area contributed by atoms with Gasteiger partial charge in [-0.1, -0.05) is 142 Å². The molecule has 7 aromatic carbocycles. The standard InChI is InChI=1S/C49H41NS/c1-49(2)45-18-9-8-15-41(45)42-30-28-38(31-46(42)49)50(36-24-19-33(20-25-36)32-11-4-3-5-12-32)37-26-21-35(22-27-37)40-16-10-17-43-44-29-23-34-13-6-7-14-39(34)48(44)51-47(40)43/h6-10,13-32H,3-5,11-12H2,1-2H3. The SMILES string of the molecule is CC1(C)c2ccccc2-c2ccc(N(c3ccc(-c4cccc5c4sc4c6ccccc6ccc54)cc3)c3ccc(C4CCCCC4)cc3)cc21. The Bertz CT molecular complexity index is 2580. The molecule has 0 bridgehead atoms. The van der Waals surface area contributed by atoms with Crippen LogP contribution in [-0.2, 0) is 5.41 Å². The second kappa shape index (κ2) is 12.0. The molecule has 0 aliphatic heterocycles. The third-order valence-corrected chi connectivity index (χ3v) is 13.2. The van der Waals surface area contributed by atoms with Gasteiger partial charge in [-0.15, -0.1) is 11.3 Å². The Hall–Kier alpha value is -5.18. The third kappa shape index (κ3) is 4.95. The molecule has 0 atom stereocenters. The lowest BCUT2D eigenvalue weighted by Gasteiger charge is -2.29. The molecular formula is C49H41NS. The Morgan fingerprint density at radius 3 is 1.98 bits per heavy atom. The Balaban J connectivity index is 1.08. The molecular weight excluding hydrogens is 635 g/mol. The summed E-state index contributed by atoms with van der Waals surface area (Å²) >= 11 is 1.93. The van der Waals surface area contributed by atoms with Gasteiger partial charge in [0, 0.05) is 42.6 Å². The van der Waals surface area contributed by atoms with Gasteiger partial charge in [-0.2, -0.15) is 0 Å². The van der Waals surface area contributed by atoms with Gasteiger partial charge in [0.2, 0.25) is 0 Å². The van der Waals surface area contributed by atoms with Crippen molar-refractivity contribution in [3.8, 4) is 22.3 Å². The van der Waals surface area contributed by atoms with Gasteiger partial charge in [-0.05, 0) is 105 Å². The molecule has 1 nitrogen and oxygen atoms in total. The molecule has 51 heavy (non-hydrogen) atoms. The molecule has 2 aliphatic rings. The molecule has 0 amide bonds. The highest BCUT2D eigenvalue weighted by Gasteiger charge is 2.35. The average molecular weight is 676 g/mol. The van der Waals surface area contributed by atoms with Gasteiger partial charge in [0.05, 0.1) is 0 Å². The van der Waals surface area contributed by atoms with Crippen LogP contribution in [0.25, 0.3) is 53.2 Å². The zero-order valence-electron chi connectivity index (χ0n) is 29.3. The number of thiophene rings is 1. The lowest BCUT2D eigenvalue weighted by atomic mass is 9.82. The molecule has 1 aromatic heterocycles. The summed E-state index contributed by atoms with van der Waals surface area (Å²) in [5.74, 6) is 0.689. The first-order valence-electron chi connectivity index (χ1n) is 18.6. The minimum absolute atomic E-state index is 0.0590. The summed E-state index contributed by atoms with van der Waals surface area (Å²) in [6.07, 6.45) is 6.71. The van der Waals surface area contributed by atoms with Crippen molar-refractivity contribution in [1.82, 2.24) is 0 Å². The molecule has 1 heterocycles. The molecule has 10 rings (SSSR count). The summed E-state index contributed by atoms with van der Waals surface area (Å²) in [4.78, 5) is 2.46. The highest BCUT2D eigenvalue weighted by atomic mass is 32.1. The van der Waals surface area contributed by atoms with E-state index in [-0.39, 0.29) is 5.41 Å². The second-order valence-corrected chi connectivity index (χ2v) is 16.2. The van der Waals surface area contributed by atoms with Crippen LogP contribution in [0.2, 0.25) is 0 Å². The number of rotatable bonds is 5. The molecule has 0 saturated heterocycles. The molecule has 1 saturated carbocycles. The van der Waals surface area contributed by atoms with Crippen molar-refractivity contribution < 1.29 is 0 Å². The van der Waals surface area contributed by atoms with Gasteiger partial charge in [0.1, 0.15) is 0 Å². The second-order valence-electron chi connectivity index (χ2n) is 15.2. The van der Waals surface area contributed by atoms with Crippen LogP contribution in [0.4, 0.5) is 17.1 Å². The van der Waals surface area contributed by atoms with E-state index in [9.17, 15) is 0 Å². The zero-order valence-corrected chi connectivity index (χ0v) is 30.1. The van der Waals surface area contributed by atoms with Crippen LogP contribution in [0.15, 0.2) is 146 Å². The van der Waals surface area contributed by atoms with E-state index in [0.29, 0.717) is 5.92 Å². The molecule has 0 N–H and O–H groups in total. The summed E-state index contributed by atoms with van der Waals surface area (Å²) in [6.45, 7) is 4.74. The molecule has 8 aromatic rings. The molecule has 2 heteroatoms. The predicted molar refractivity (Wildman–Crippen MR) is 220 cm³/mol. The van der Waals surface area contributed by atoms with Gasteiger partial charge in [-0.3, -0.25) is 0 Å². The van der Waals surface area contributed by atoms with Crippen molar-refractivity contribution in [3.05, 3.63) is 162 Å². The lowest BCUT2D eigenvalue weighted by Crippen LogP contribution is -2.16. The van der Waals surface area contributed by atoms with Crippen molar-refractivity contribution in [3.63, 3.8) is 0 Å². The first-order valence-corrected chi connectivity index (χ1v) is 19.4. The van der Waals surface area contributed by atoms with Crippen LogP contribution in [0.5, 0.6) is 0 Å². The van der Waals surface area contributed by atoms with Crippen molar-refractivity contribution in [2.45, 2.75) is 57.3 Å². The number of fused-ring (bicyclic) bond motifs is 8. The Labute approximate surface area is 304 Å². The fourth-order valence-corrected chi connectivity index (χ4v) is 10.5. The predicted octanol–water partition coefficient (Wildman–Crippen LogP) is 14.7. The van der Waals surface area contributed by atoms with E-state index in [1.54, 1.807) is 0 Å². The van der Waals surface area contributed by atoms with Crippen molar-refractivity contribution in [2.24, 2.45) is 0 Å². The smallest absolute Gasteiger partial charge is 0.0465 e. The minimum atomic E-state index is -0.0590. The highest BCUT2D eigenvalue weighted by molar-refractivity contribution is 7.27. The van der Waals surface area contributed by atoms with Gasteiger partial charge in [0.15, 0.2) is 0 Å². The number of nitrogens with zero attached hydrogens (tertiary/aromatic N) is 1. The first kappa shape index (κ1) is 30.6. The van der Waals surface area contributed by atoms with Crippen LogP contribution >= 0.6 is 11.3 Å². The van der Waals surface area contributed by atoms with E-state index >= 15 is 0 Å². The zero-order chi connectivity index (χ0) is 34.1. The van der Waals surface area contributed by atoms with Gasteiger partial charge < -0.3 is 4.90 Å². The highest BCUT2D eigenvalue weighted by Crippen LogP contribution is 2.51. The fraction of sp³-hybridized carbons (Fsp3) is 0.184. The maximum atomic E-state index is 2.46. The summed E-state index contributed by atoms with van der Waals surface area (Å²) in [5.41, 5.74) is 13.1. The summed E-state index contributed by atoms with van der Waals surface area (Å²) in [7, 11) is 0. The average Bonchev–Trinajstić information content (AvgIpc) is 3.68. The molecule has 0 radical (unpaired) electrons. The molecule has 2 aliphatic carbocycles. The van der Waals surface area contributed by atoms with Crippen LogP contribution < -0.4 is 4.90 Å². The lowest BCUT2D eigenvalue weighted by molar-refractivity contribution is 0.443. The number of hydrogen-bond acceptors (Lipinski definition) is 2. The Morgan fingerprint density at radius 2 is 1.16 bits per heavy atom. The van der Waals surface area contributed by atoms with E-state index in [0.717, 1.165) is 0 Å². The van der Waals surface area contributed by atoms with E-state index in [2.05, 4.69) is 164 Å². The third-order valence-electron chi connectivity index (χ3n) is 11.9. The molecule has 248 valence electrons. The van der Waals surface area contributed by atoms with E-state index in [1.165, 1.54) is 119 Å². The Kier molecular flexibility index (Phi) is 7.18. The van der Waals surface area contributed by atoms with E-state index < -0.39 is 0 Å². The van der Waals surface area contributed by atoms with E-state index in [1.807, 2.05) is 11.3 Å². The first-order chi connectivity index (χ1) is 25.0. The maximum absolute atomic E-state index is 2.46. The van der Waals surface area contributed by atoms with E-state index in [4.69, 9.17) is 0 Å². The van der Waals surface area contributed by atoms with Gasteiger partial charge in [-0.25, -0.2) is 0 Å². The fourth-order valence-electron chi connectivity index (χ4n) is 9.15. The van der Waals surface area contributed by atoms with Crippen molar-refractivity contribution in [2.75, 3.05) is 4.90 Å². The van der Waals surface area contributed by atoms with Crippen LogP contribution in [0.3, 0.4) is 0 Å². The number of benzene rings is 7. The van der Waals surface area contributed by atoms with Crippen molar-refractivity contribution >= 4 is 59.3 Å². The monoisotopic (exact) mass is 675 g/mol. The van der Waals surface area contributed by atoms with Crippen LogP contribution in [0, 0.1) is 0 Å². The summed E-state index contributed by atoms with van der Waals surface area (Å²) < 4.78 is 2.73. The molecule has 0 unspecified atom stereocenters. The van der Waals surface area contributed by atoms with Crippen molar-refractivity contribution in [1.29, 1.82) is 0 Å². The maximum Gasteiger partial charge on any atom is 0.0465 e. The largest absolute Gasteiger partial charge is 0.310 e. The normalized spacial score (nSPS) is 15.3. The molecule has 0 spiro atoms.